The lowest BCUT2D eigenvalue weighted by molar-refractivity contribution is -0.138. The van der Waals surface area contributed by atoms with Crippen LogP contribution in [0.25, 0.3) is 0 Å². The summed E-state index contributed by atoms with van der Waals surface area (Å²) < 4.78 is 28.2. The minimum absolute atomic E-state index is 0.129. The summed E-state index contributed by atoms with van der Waals surface area (Å²) in [6.07, 6.45) is 4.58. The number of carbonyl (C=O) groups excluding carboxylic acids is 1. The summed E-state index contributed by atoms with van der Waals surface area (Å²) in [6, 6.07) is 16.1. The first-order valence-electron chi connectivity index (χ1n) is 11.7. The zero-order valence-corrected chi connectivity index (χ0v) is 20.0. The standard InChI is InChI=1S/C26H34N2O3S/c1-20-10-11-21(2)25(17-20)32(30,31)28-14-6-9-24(19-28)26(29)27-15-12-23(13-16-27)18-22-7-4-3-5-8-22/h3-5,7-8,10-11,17,23-24H,6,9,12-16,18-19H2,1-2H3/t24-/m1/s1. The van der Waals surface area contributed by atoms with Gasteiger partial charge in [0.2, 0.25) is 15.9 Å². The Balaban J connectivity index is 1.37. The van der Waals surface area contributed by atoms with Gasteiger partial charge in [0.1, 0.15) is 0 Å². The van der Waals surface area contributed by atoms with Crippen molar-refractivity contribution in [2.75, 3.05) is 26.2 Å². The fourth-order valence-corrected chi connectivity index (χ4v) is 6.88. The Labute approximate surface area is 192 Å². The molecule has 0 unspecified atom stereocenters. The van der Waals surface area contributed by atoms with E-state index in [0.717, 1.165) is 56.3 Å². The average molecular weight is 455 g/mol. The lowest BCUT2D eigenvalue weighted by atomic mass is 9.89. The number of amides is 1. The smallest absolute Gasteiger partial charge is 0.243 e. The van der Waals surface area contributed by atoms with E-state index in [1.165, 1.54) is 9.87 Å². The van der Waals surface area contributed by atoms with E-state index in [-0.39, 0.29) is 11.8 Å². The third-order valence-electron chi connectivity index (χ3n) is 6.99. The van der Waals surface area contributed by atoms with Crippen LogP contribution in [0.1, 0.15) is 42.4 Å². The van der Waals surface area contributed by atoms with E-state index in [0.29, 0.717) is 23.9 Å². The summed E-state index contributed by atoms with van der Waals surface area (Å²) in [6.45, 7) is 6.06. The van der Waals surface area contributed by atoms with Crippen LogP contribution >= 0.6 is 0 Å². The topological polar surface area (TPSA) is 57.7 Å². The second-order valence-corrected chi connectivity index (χ2v) is 11.3. The number of aryl methyl sites for hydroxylation is 2. The Morgan fingerprint density at radius 3 is 2.41 bits per heavy atom. The third kappa shape index (κ3) is 5.07. The van der Waals surface area contributed by atoms with Crippen LogP contribution < -0.4 is 0 Å². The molecule has 0 radical (unpaired) electrons. The molecule has 2 fully saturated rings. The van der Waals surface area contributed by atoms with E-state index >= 15 is 0 Å². The average Bonchev–Trinajstić information content (AvgIpc) is 2.81. The Morgan fingerprint density at radius 1 is 0.969 bits per heavy atom. The number of nitrogens with zero attached hydrogens (tertiary/aromatic N) is 2. The second kappa shape index (κ2) is 9.75. The maximum atomic E-state index is 13.3. The molecule has 32 heavy (non-hydrogen) atoms. The molecule has 2 aromatic carbocycles. The summed E-state index contributed by atoms with van der Waals surface area (Å²) in [4.78, 5) is 15.6. The van der Waals surface area contributed by atoms with Gasteiger partial charge in [-0.1, -0.05) is 42.5 Å². The molecule has 2 saturated heterocycles. The molecule has 1 atom stereocenters. The highest BCUT2D eigenvalue weighted by Crippen LogP contribution is 2.29. The highest BCUT2D eigenvalue weighted by molar-refractivity contribution is 7.89. The predicted molar refractivity (Wildman–Crippen MR) is 127 cm³/mol. The Bertz CT molecular complexity index is 1040. The summed E-state index contributed by atoms with van der Waals surface area (Å²) in [5.41, 5.74) is 3.04. The molecule has 0 saturated carbocycles. The van der Waals surface area contributed by atoms with E-state index in [1.54, 1.807) is 6.07 Å². The molecule has 2 aromatic rings. The molecule has 6 heteroatoms. The van der Waals surface area contributed by atoms with Crippen LogP contribution in [-0.2, 0) is 21.2 Å². The Kier molecular flexibility index (Phi) is 7.01. The number of sulfonamides is 1. The molecule has 0 N–H and O–H groups in total. The number of hydrogen-bond acceptors (Lipinski definition) is 3. The Hall–Kier alpha value is -2.18. The molecule has 2 aliphatic rings. The summed E-state index contributed by atoms with van der Waals surface area (Å²) >= 11 is 0. The van der Waals surface area contributed by atoms with Crippen molar-refractivity contribution in [1.29, 1.82) is 0 Å². The van der Waals surface area contributed by atoms with Crippen molar-refractivity contribution in [3.63, 3.8) is 0 Å². The monoisotopic (exact) mass is 454 g/mol. The van der Waals surface area contributed by atoms with E-state index in [2.05, 4.69) is 24.3 Å². The molecule has 172 valence electrons. The van der Waals surface area contributed by atoms with Crippen molar-refractivity contribution in [2.24, 2.45) is 11.8 Å². The van der Waals surface area contributed by atoms with Gasteiger partial charge in [0.25, 0.3) is 0 Å². The summed E-state index contributed by atoms with van der Waals surface area (Å²) in [5, 5.41) is 0. The first-order valence-corrected chi connectivity index (χ1v) is 13.2. The van der Waals surface area contributed by atoms with Crippen LogP contribution in [-0.4, -0.2) is 49.7 Å². The lowest BCUT2D eigenvalue weighted by Gasteiger charge is -2.37. The fourth-order valence-electron chi connectivity index (χ4n) is 5.05. The van der Waals surface area contributed by atoms with Crippen LogP contribution in [0.15, 0.2) is 53.4 Å². The van der Waals surface area contributed by atoms with Gasteiger partial charge in [0.05, 0.1) is 10.8 Å². The molecular formula is C26H34N2O3S. The maximum absolute atomic E-state index is 13.3. The van der Waals surface area contributed by atoms with E-state index in [9.17, 15) is 13.2 Å². The van der Waals surface area contributed by atoms with Crippen molar-refractivity contribution in [2.45, 2.75) is 50.8 Å². The van der Waals surface area contributed by atoms with Crippen molar-refractivity contribution < 1.29 is 13.2 Å². The first-order chi connectivity index (χ1) is 15.3. The van der Waals surface area contributed by atoms with E-state index in [4.69, 9.17) is 0 Å². The van der Waals surface area contributed by atoms with Gasteiger partial charge in [0.15, 0.2) is 0 Å². The lowest BCUT2D eigenvalue weighted by Crippen LogP contribution is -2.48. The molecule has 4 rings (SSSR count). The SMILES string of the molecule is Cc1ccc(C)c(S(=O)(=O)N2CCC[C@@H](C(=O)N3CCC(Cc4ccccc4)CC3)C2)c1. The molecule has 0 aromatic heterocycles. The number of benzene rings is 2. The normalized spacial score (nSPS) is 20.9. The Morgan fingerprint density at radius 2 is 1.69 bits per heavy atom. The molecule has 1 amide bonds. The zero-order valence-electron chi connectivity index (χ0n) is 19.2. The van der Waals surface area contributed by atoms with Crippen molar-refractivity contribution >= 4 is 15.9 Å². The number of likely N-dealkylation sites (tertiary alicyclic amines) is 1. The van der Waals surface area contributed by atoms with Gasteiger partial charge in [0, 0.05) is 26.2 Å². The van der Waals surface area contributed by atoms with Gasteiger partial charge in [-0.05, 0) is 74.6 Å². The maximum Gasteiger partial charge on any atom is 0.243 e. The van der Waals surface area contributed by atoms with Gasteiger partial charge < -0.3 is 4.90 Å². The highest BCUT2D eigenvalue weighted by atomic mass is 32.2. The van der Waals surface area contributed by atoms with Gasteiger partial charge in [-0.25, -0.2) is 8.42 Å². The van der Waals surface area contributed by atoms with Crippen LogP contribution in [0.4, 0.5) is 0 Å². The van der Waals surface area contributed by atoms with Gasteiger partial charge in [-0.2, -0.15) is 4.31 Å². The fraction of sp³-hybridized carbons (Fsp3) is 0.500. The van der Waals surface area contributed by atoms with Crippen molar-refractivity contribution in [3.8, 4) is 0 Å². The third-order valence-corrected chi connectivity index (χ3v) is 9.00. The number of piperidine rings is 2. The van der Waals surface area contributed by atoms with Crippen LogP contribution in [0.5, 0.6) is 0 Å². The molecule has 0 aliphatic carbocycles. The summed E-state index contributed by atoms with van der Waals surface area (Å²) in [7, 11) is -3.59. The molecule has 0 spiro atoms. The van der Waals surface area contributed by atoms with Crippen molar-refractivity contribution in [1.82, 2.24) is 9.21 Å². The molecule has 2 aliphatic heterocycles. The first kappa shape index (κ1) is 23.0. The highest BCUT2D eigenvalue weighted by Gasteiger charge is 2.36. The van der Waals surface area contributed by atoms with E-state index in [1.807, 2.05) is 36.9 Å². The van der Waals surface area contributed by atoms with Crippen LogP contribution in [0, 0.1) is 25.7 Å². The number of carbonyl (C=O) groups is 1. The van der Waals surface area contributed by atoms with E-state index < -0.39 is 10.0 Å². The van der Waals surface area contributed by atoms with Crippen LogP contribution in [0.2, 0.25) is 0 Å². The van der Waals surface area contributed by atoms with Gasteiger partial charge in [-0.15, -0.1) is 0 Å². The largest absolute Gasteiger partial charge is 0.342 e. The molecular weight excluding hydrogens is 420 g/mol. The van der Waals surface area contributed by atoms with Gasteiger partial charge >= 0.3 is 0 Å². The minimum Gasteiger partial charge on any atom is -0.342 e. The second-order valence-electron chi connectivity index (χ2n) is 9.43. The minimum atomic E-state index is -3.59. The summed E-state index contributed by atoms with van der Waals surface area (Å²) in [5.74, 6) is 0.493. The van der Waals surface area contributed by atoms with Gasteiger partial charge in [-0.3, -0.25) is 4.79 Å². The number of hydrogen-bond donors (Lipinski definition) is 0. The molecule has 0 bridgehead atoms. The quantitative estimate of drug-likeness (QED) is 0.681. The zero-order chi connectivity index (χ0) is 22.7. The van der Waals surface area contributed by atoms with Crippen molar-refractivity contribution in [3.05, 3.63) is 65.2 Å². The molecule has 2 heterocycles. The van der Waals surface area contributed by atoms with Crippen LogP contribution in [0.3, 0.4) is 0 Å². The molecule has 5 nitrogen and oxygen atoms in total. The predicted octanol–water partition coefficient (Wildman–Crippen LogP) is 4.19. The number of rotatable bonds is 5.